The third-order valence-corrected chi connectivity index (χ3v) is 4.59. The van der Waals surface area contributed by atoms with E-state index in [2.05, 4.69) is 10.6 Å². The van der Waals surface area contributed by atoms with Crippen LogP contribution in [0, 0.1) is 0 Å². The number of carbonyl (C=O) groups excluding carboxylic acids is 2. The first-order chi connectivity index (χ1) is 11.6. The largest absolute Gasteiger partial charge is 0.497 e. The molecule has 0 spiro atoms. The zero-order chi connectivity index (χ0) is 17.1. The summed E-state index contributed by atoms with van der Waals surface area (Å²) in [5, 5.41) is 5.80. The predicted molar refractivity (Wildman–Crippen MR) is 90.2 cm³/mol. The van der Waals surface area contributed by atoms with Gasteiger partial charge in [-0.3, -0.25) is 9.59 Å². The summed E-state index contributed by atoms with van der Waals surface area (Å²) in [7, 11) is 3.10. The van der Waals surface area contributed by atoms with Crippen molar-refractivity contribution in [2.45, 2.75) is 38.1 Å². The summed E-state index contributed by atoms with van der Waals surface area (Å²) in [6, 6.07) is 5.32. The maximum Gasteiger partial charge on any atom is 0.248 e. The van der Waals surface area contributed by atoms with Crippen LogP contribution in [0.3, 0.4) is 0 Å². The number of amides is 2. The molecule has 0 radical (unpaired) electrons. The standard InChI is InChI=1S/C18H22N2O4/c1-23-11-7-8-16(24-2)15(9-11)19-17(21)10-13-12-5-3-4-6-14(12)20-18(13)22/h7-9,14H,3-6,10H2,1-2H3,(H,19,21)(H,20,22). The van der Waals surface area contributed by atoms with Crippen molar-refractivity contribution in [3.63, 3.8) is 0 Å². The first kappa shape index (κ1) is 16.4. The fourth-order valence-electron chi connectivity index (χ4n) is 3.38. The lowest BCUT2D eigenvalue weighted by molar-refractivity contribution is -0.120. The van der Waals surface area contributed by atoms with Crippen molar-refractivity contribution >= 4 is 17.5 Å². The summed E-state index contributed by atoms with van der Waals surface area (Å²) in [5.41, 5.74) is 2.27. The molecule has 0 bridgehead atoms. The lowest BCUT2D eigenvalue weighted by Crippen LogP contribution is -2.30. The number of anilines is 1. The van der Waals surface area contributed by atoms with Gasteiger partial charge in [0.25, 0.3) is 0 Å². The Kier molecular flexibility index (Phi) is 4.74. The molecule has 1 atom stereocenters. The molecule has 1 heterocycles. The Labute approximate surface area is 141 Å². The van der Waals surface area contributed by atoms with Crippen LogP contribution in [0.2, 0.25) is 0 Å². The minimum atomic E-state index is -0.231. The predicted octanol–water partition coefficient (Wildman–Crippen LogP) is 2.40. The van der Waals surface area contributed by atoms with Crippen molar-refractivity contribution in [1.82, 2.24) is 5.32 Å². The molecule has 1 fully saturated rings. The Morgan fingerprint density at radius 3 is 2.88 bits per heavy atom. The van der Waals surface area contributed by atoms with Crippen LogP contribution in [0.1, 0.15) is 32.1 Å². The summed E-state index contributed by atoms with van der Waals surface area (Å²) < 4.78 is 10.4. The molecule has 1 saturated carbocycles. The summed E-state index contributed by atoms with van der Waals surface area (Å²) in [4.78, 5) is 24.6. The number of hydrogen-bond acceptors (Lipinski definition) is 4. The van der Waals surface area contributed by atoms with Crippen molar-refractivity contribution in [3.8, 4) is 11.5 Å². The number of ether oxygens (including phenoxy) is 2. The number of nitrogens with one attached hydrogen (secondary N) is 2. The highest BCUT2D eigenvalue weighted by Gasteiger charge is 2.33. The van der Waals surface area contributed by atoms with Gasteiger partial charge in [0.15, 0.2) is 0 Å². The Hall–Kier alpha value is -2.50. The molecule has 1 unspecified atom stereocenters. The maximum absolute atomic E-state index is 12.4. The second-order valence-corrected chi connectivity index (χ2v) is 6.07. The molecule has 1 aliphatic carbocycles. The van der Waals surface area contributed by atoms with Gasteiger partial charge in [0, 0.05) is 11.6 Å². The maximum atomic E-state index is 12.4. The summed E-state index contributed by atoms with van der Waals surface area (Å²) in [5.74, 6) is 0.836. The second-order valence-electron chi connectivity index (χ2n) is 6.07. The van der Waals surface area contributed by atoms with E-state index in [1.807, 2.05) is 0 Å². The van der Waals surface area contributed by atoms with Gasteiger partial charge in [-0.2, -0.15) is 0 Å². The summed E-state index contributed by atoms with van der Waals surface area (Å²) >= 11 is 0. The van der Waals surface area contributed by atoms with E-state index in [1.54, 1.807) is 32.4 Å². The number of rotatable bonds is 5. The average Bonchev–Trinajstić information content (AvgIpc) is 2.90. The number of benzene rings is 1. The zero-order valence-corrected chi connectivity index (χ0v) is 14.0. The summed E-state index contributed by atoms with van der Waals surface area (Å²) in [6.45, 7) is 0. The molecule has 6 heteroatoms. The Morgan fingerprint density at radius 1 is 1.29 bits per heavy atom. The highest BCUT2D eigenvalue weighted by Crippen LogP contribution is 2.33. The van der Waals surface area contributed by atoms with E-state index in [4.69, 9.17) is 9.47 Å². The Morgan fingerprint density at radius 2 is 2.12 bits per heavy atom. The first-order valence-corrected chi connectivity index (χ1v) is 8.17. The average molecular weight is 330 g/mol. The van der Waals surface area contributed by atoms with Crippen LogP contribution in [0.15, 0.2) is 29.3 Å². The molecule has 0 aromatic heterocycles. The number of carbonyl (C=O) groups is 2. The number of hydrogen-bond donors (Lipinski definition) is 2. The van der Waals surface area contributed by atoms with Gasteiger partial charge < -0.3 is 20.1 Å². The molecule has 0 saturated heterocycles. The van der Waals surface area contributed by atoms with Crippen molar-refractivity contribution < 1.29 is 19.1 Å². The normalized spacial score (nSPS) is 19.6. The molecule has 3 rings (SSSR count). The van der Waals surface area contributed by atoms with Gasteiger partial charge in [0.2, 0.25) is 11.8 Å². The van der Waals surface area contributed by atoms with Crippen LogP contribution < -0.4 is 20.1 Å². The fourth-order valence-corrected chi connectivity index (χ4v) is 3.38. The number of methoxy groups -OCH3 is 2. The second kappa shape index (κ2) is 6.95. The third-order valence-electron chi connectivity index (χ3n) is 4.59. The molecule has 24 heavy (non-hydrogen) atoms. The quantitative estimate of drug-likeness (QED) is 0.869. The molecular formula is C18H22N2O4. The summed E-state index contributed by atoms with van der Waals surface area (Å²) in [6.07, 6.45) is 4.15. The van der Waals surface area contributed by atoms with Gasteiger partial charge in [0.1, 0.15) is 11.5 Å². The van der Waals surface area contributed by atoms with Crippen LogP contribution in [-0.2, 0) is 9.59 Å². The van der Waals surface area contributed by atoms with Crippen molar-refractivity contribution in [1.29, 1.82) is 0 Å². The van der Waals surface area contributed by atoms with Crippen molar-refractivity contribution in [2.75, 3.05) is 19.5 Å². The van der Waals surface area contributed by atoms with Gasteiger partial charge in [-0.1, -0.05) is 6.42 Å². The van der Waals surface area contributed by atoms with Gasteiger partial charge in [-0.15, -0.1) is 0 Å². The van der Waals surface area contributed by atoms with Crippen LogP contribution in [0.5, 0.6) is 11.5 Å². The SMILES string of the molecule is COc1ccc(OC)c(NC(=O)CC2=C3CCCCC3NC2=O)c1. The topological polar surface area (TPSA) is 76.7 Å². The lowest BCUT2D eigenvalue weighted by atomic mass is 9.88. The van der Waals surface area contributed by atoms with E-state index < -0.39 is 0 Å². The Bertz CT molecular complexity index is 696. The highest BCUT2D eigenvalue weighted by molar-refractivity contribution is 6.05. The molecule has 1 aromatic rings. The van der Waals surface area contributed by atoms with Crippen molar-refractivity contribution in [2.24, 2.45) is 0 Å². The van der Waals surface area contributed by atoms with E-state index in [-0.39, 0.29) is 24.3 Å². The Balaban J connectivity index is 1.75. The van der Waals surface area contributed by atoms with Gasteiger partial charge in [0.05, 0.1) is 32.4 Å². The smallest absolute Gasteiger partial charge is 0.248 e. The van der Waals surface area contributed by atoms with Gasteiger partial charge in [-0.25, -0.2) is 0 Å². The fraction of sp³-hybridized carbons (Fsp3) is 0.444. The molecule has 2 N–H and O–H groups in total. The molecule has 1 aliphatic heterocycles. The van der Waals surface area contributed by atoms with Gasteiger partial charge in [-0.05, 0) is 37.0 Å². The molecular weight excluding hydrogens is 308 g/mol. The van der Waals surface area contributed by atoms with Gasteiger partial charge >= 0.3 is 0 Å². The molecule has 2 amide bonds. The molecule has 6 nitrogen and oxygen atoms in total. The van der Waals surface area contributed by atoms with Crippen LogP contribution in [0.4, 0.5) is 5.69 Å². The number of fused-ring (bicyclic) bond motifs is 1. The van der Waals surface area contributed by atoms with E-state index >= 15 is 0 Å². The third kappa shape index (κ3) is 3.22. The van der Waals surface area contributed by atoms with E-state index in [0.717, 1.165) is 31.3 Å². The minimum Gasteiger partial charge on any atom is -0.497 e. The van der Waals surface area contributed by atoms with Crippen LogP contribution >= 0.6 is 0 Å². The van der Waals surface area contributed by atoms with E-state index in [1.165, 1.54) is 0 Å². The van der Waals surface area contributed by atoms with E-state index in [9.17, 15) is 9.59 Å². The highest BCUT2D eigenvalue weighted by atomic mass is 16.5. The lowest BCUT2D eigenvalue weighted by Gasteiger charge is -2.20. The van der Waals surface area contributed by atoms with Crippen molar-refractivity contribution in [3.05, 3.63) is 29.3 Å². The monoisotopic (exact) mass is 330 g/mol. The molecule has 2 aliphatic rings. The van der Waals surface area contributed by atoms with Crippen LogP contribution in [0.25, 0.3) is 0 Å². The van der Waals surface area contributed by atoms with Crippen LogP contribution in [-0.4, -0.2) is 32.1 Å². The first-order valence-electron chi connectivity index (χ1n) is 8.17. The van der Waals surface area contributed by atoms with E-state index in [0.29, 0.717) is 22.8 Å². The molecule has 1 aromatic carbocycles. The minimum absolute atomic E-state index is 0.0814. The zero-order valence-electron chi connectivity index (χ0n) is 14.0. The molecule has 128 valence electrons.